The predicted molar refractivity (Wildman–Crippen MR) is 92.2 cm³/mol. The molecule has 1 nitrogen and oxygen atoms in total. The van der Waals surface area contributed by atoms with Crippen LogP contribution >= 0.6 is 0 Å². The highest BCUT2D eigenvalue weighted by molar-refractivity contribution is 5.66. The summed E-state index contributed by atoms with van der Waals surface area (Å²) in [6.45, 7) is 6.46. The topological polar surface area (TPSA) is 17.1 Å². The molecule has 0 N–H and O–H groups in total. The van der Waals surface area contributed by atoms with Crippen LogP contribution in [0.1, 0.15) is 57.9 Å². The van der Waals surface area contributed by atoms with Crippen molar-refractivity contribution in [2.45, 2.75) is 53.8 Å². The number of carbonyl (C=O) groups excluding carboxylic acids is 1. The van der Waals surface area contributed by atoms with Crippen LogP contribution in [-0.2, 0) is 4.79 Å². The molecule has 114 valence electrons. The second kappa shape index (κ2) is 7.97. The molecule has 1 aliphatic carbocycles. The molecule has 0 saturated carbocycles. The second-order valence-corrected chi connectivity index (χ2v) is 6.29. The van der Waals surface area contributed by atoms with Crippen molar-refractivity contribution in [3.8, 4) is 0 Å². The Hall–Kier alpha value is -1.63. The van der Waals surface area contributed by atoms with Gasteiger partial charge in [-0.1, -0.05) is 55.4 Å². The molecule has 0 radical (unpaired) electrons. The van der Waals surface area contributed by atoms with Gasteiger partial charge in [0.05, 0.1) is 0 Å². The minimum absolute atomic E-state index is 0.0393. The molecule has 0 fully saturated rings. The summed E-state index contributed by atoms with van der Waals surface area (Å²) >= 11 is 0. The minimum atomic E-state index is -2.27. The van der Waals surface area contributed by atoms with Crippen LogP contribution in [0.15, 0.2) is 58.7 Å². The van der Waals surface area contributed by atoms with Crippen molar-refractivity contribution < 1.29 is 8.91 Å². The molecule has 1 heteroatoms. The van der Waals surface area contributed by atoms with E-state index >= 15 is 0 Å². The highest BCUT2D eigenvalue weighted by atomic mass is 16.1. The molecule has 0 aromatic rings. The van der Waals surface area contributed by atoms with Crippen molar-refractivity contribution in [1.29, 1.82) is 0 Å². The zero-order valence-electron chi connectivity index (χ0n) is 16.6. The first kappa shape index (κ1) is 13.1. The summed E-state index contributed by atoms with van der Waals surface area (Å²) in [5, 5.41) is 0. The second-order valence-electron chi connectivity index (χ2n) is 6.29. The lowest BCUT2D eigenvalue weighted by Gasteiger charge is -2.32. The Morgan fingerprint density at radius 1 is 1.24 bits per heavy atom. The van der Waals surface area contributed by atoms with Crippen molar-refractivity contribution in [3.05, 3.63) is 58.7 Å². The van der Waals surface area contributed by atoms with Crippen LogP contribution in [0.4, 0.5) is 0 Å². The number of rotatable bonds is 5. The van der Waals surface area contributed by atoms with E-state index in [9.17, 15) is 4.79 Å². The van der Waals surface area contributed by atoms with Gasteiger partial charge < -0.3 is 0 Å². The van der Waals surface area contributed by atoms with Gasteiger partial charge in [-0.25, -0.2) is 0 Å². The highest BCUT2D eigenvalue weighted by Gasteiger charge is 2.26. The maximum absolute atomic E-state index is 10.5. The SMILES string of the molecule is [2H]C([2H])([2H])C(/C=C\C=C(C)\C=C\C1=C(C)CCCC1(C)C)=C\C=O. The largest absolute Gasteiger partial charge is 0.299 e. The Morgan fingerprint density at radius 3 is 2.62 bits per heavy atom. The number of carbonyl (C=O) groups is 1. The van der Waals surface area contributed by atoms with E-state index in [0.717, 1.165) is 18.1 Å². The van der Waals surface area contributed by atoms with Crippen LogP contribution in [0.2, 0.25) is 0 Å². The fraction of sp³-hybridized carbons (Fsp3) is 0.450. The molecule has 1 rings (SSSR count). The van der Waals surface area contributed by atoms with Crippen LogP contribution in [-0.4, -0.2) is 6.29 Å². The number of hydrogen-bond donors (Lipinski definition) is 0. The van der Waals surface area contributed by atoms with Crippen LogP contribution in [0.25, 0.3) is 0 Å². The lowest BCUT2D eigenvalue weighted by atomic mass is 9.72. The minimum Gasteiger partial charge on any atom is -0.299 e. The molecule has 0 saturated heterocycles. The van der Waals surface area contributed by atoms with Crippen molar-refractivity contribution in [2.75, 3.05) is 0 Å². The monoisotopic (exact) mass is 287 g/mol. The molecule has 0 atom stereocenters. The molecule has 0 heterocycles. The average Bonchev–Trinajstić information content (AvgIpc) is 2.44. The summed E-state index contributed by atoms with van der Waals surface area (Å²) in [6, 6.07) is 0. The molecule has 0 unspecified atom stereocenters. The third-order valence-corrected chi connectivity index (χ3v) is 3.94. The summed E-state index contributed by atoms with van der Waals surface area (Å²) in [5.41, 5.74) is 4.12. The van der Waals surface area contributed by atoms with Crippen molar-refractivity contribution in [3.63, 3.8) is 0 Å². The standard InChI is InChI=1S/C20H28O/c1-16(8-6-9-17(2)13-15-21)11-12-19-18(3)10-7-14-20(19,4)5/h6,8-9,11-13,15H,7,10,14H2,1-5H3/b9-6-,12-11+,16-8+,17-13+/i2D3. The molecule has 0 aromatic carbocycles. The van der Waals surface area contributed by atoms with Gasteiger partial charge in [-0.05, 0) is 62.6 Å². The van der Waals surface area contributed by atoms with E-state index in [2.05, 4.69) is 32.9 Å². The van der Waals surface area contributed by atoms with Crippen LogP contribution in [0, 0.1) is 5.41 Å². The van der Waals surface area contributed by atoms with Gasteiger partial charge in [-0.3, -0.25) is 4.79 Å². The highest BCUT2D eigenvalue weighted by Crippen LogP contribution is 2.40. The van der Waals surface area contributed by atoms with Gasteiger partial charge >= 0.3 is 0 Å². The zero-order valence-corrected chi connectivity index (χ0v) is 13.6. The van der Waals surface area contributed by atoms with Gasteiger partial charge in [-0.2, -0.15) is 0 Å². The van der Waals surface area contributed by atoms with Gasteiger partial charge in [0.15, 0.2) is 0 Å². The molecule has 0 bridgehead atoms. The predicted octanol–water partition coefficient (Wildman–Crippen LogP) is 5.72. The first-order valence-electron chi connectivity index (χ1n) is 8.97. The maximum Gasteiger partial charge on any atom is 0.143 e. The van der Waals surface area contributed by atoms with Crippen molar-refractivity contribution in [2.24, 2.45) is 5.41 Å². The summed E-state index contributed by atoms with van der Waals surface area (Å²) in [6.07, 6.45) is 14.4. The third-order valence-electron chi connectivity index (χ3n) is 3.94. The molecule has 0 aromatic heterocycles. The fourth-order valence-corrected chi connectivity index (χ4v) is 2.71. The summed E-state index contributed by atoms with van der Waals surface area (Å²) < 4.78 is 22.1. The Balaban J connectivity index is 2.89. The molecule has 0 spiro atoms. The normalized spacial score (nSPS) is 23.3. The van der Waals surface area contributed by atoms with E-state index < -0.39 is 6.85 Å². The van der Waals surface area contributed by atoms with Gasteiger partial charge in [0.25, 0.3) is 0 Å². The van der Waals surface area contributed by atoms with E-state index in [4.69, 9.17) is 4.11 Å². The molecular weight excluding hydrogens is 256 g/mol. The van der Waals surface area contributed by atoms with Crippen LogP contribution in [0.5, 0.6) is 0 Å². The summed E-state index contributed by atoms with van der Waals surface area (Å²) in [4.78, 5) is 10.5. The molecular formula is C20H28O. The first-order chi connectivity index (χ1) is 11.1. The van der Waals surface area contributed by atoms with Crippen molar-refractivity contribution >= 4 is 6.29 Å². The van der Waals surface area contributed by atoms with E-state index in [1.807, 2.05) is 13.0 Å². The number of hydrogen-bond acceptors (Lipinski definition) is 1. The van der Waals surface area contributed by atoms with E-state index in [0.29, 0.717) is 6.29 Å². The fourth-order valence-electron chi connectivity index (χ4n) is 2.71. The molecule has 0 aliphatic heterocycles. The van der Waals surface area contributed by atoms with Crippen molar-refractivity contribution in [1.82, 2.24) is 0 Å². The van der Waals surface area contributed by atoms with E-state index in [1.165, 1.54) is 30.1 Å². The van der Waals surface area contributed by atoms with Crippen LogP contribution < -0.4 is 0 Å². The van der Waals surface area contributed by atoms with Crippen LogP contribution in [0.3, 0.4) is 0 Å². The zero-order chi connectivity index (χ0) is 18.4. The van der Waals surface area contributed by atoms with Gasteiger partial charge in [-0.15, -0.1) is 0 Å². The van der Waals surface area contributed by atoms with E-state index in [-0.39, 0.29) is 11.0 Å². The number of allylic oxidation sites excluding steroid dienone is 10. The lowest BCUT2D eigenvalue weighted by molar-refractivity contribution is -0.104. The Morgan fingerprint density at radius 2 is 2.00 bits per heavy atom. The molecule has 21 heavy (non-hydrogen) atoms. The molecule has 1 aliphatic rings. The summed E-state index contributed by atoms with van der Waals surface area (Å²) in [7, 11) is 0. The average molecular weight is 287 g/mol. The van der Waals surface area contributed by atoms with Gasteiger partial charge in [0, 0.05) is 4.11 Å². The first-order valence-corrected chi connectivity index (χ1v) is 7.47. The quantitative estimate of drug-likeness (QED) is 0.359. The smallest absolute Gasteiger partial charge is 0.143 e. The number of aldehydes is 1. The lowest BCUT2D eigenvalue weighted by Crippen LogP contribution is -2.19. The Labute approximate surface area is 134 Å². The van der Waals surface area contributed by atoms with E-state index in [1.54, 1.807) is 6.08 Å². The summed E-state index contributed by atoms with van der Waals surface area (Å²) in [5.74, 6) is 0. The maximum atomic E-state index is 10.5. The Bertz CT molecular complexity index is 611. The van der Waals surface area contributed by atoms with Gasteiger partial charge in [0.2, 0.25) is 0 Å². The Kier molecular flexibility index (Phi) is 4.96. The molecule has 0 amide bonds. The van der Waals surface area contributed by atoms with Gasteiger partial charge in [0.1, 0.15) is 6.29 Å². The third kappa shape index (κ3) is 5.71.